The first-order valence-electron chi connectivity index (χ1n) is 2.40. The second kappa shape index (κ2) is 2.24. The second-order valence-electron chi connectivity index (χ2n) is 2.10. The third kappa shape index (κ3) is 2.27. The molecule has 36 valence electrons. The molecule has 0 saturated heterocycles. The fourth-order valence-electron chi connectivity index (χ4n) is 0. The lowest BCUT2D eigenvalue weighted by molar-refractivity contribution is 0.998. The van der Waals surface area contributed by atoms with Gasteiger partial charge in [-0.3, -0.25) is 0 Å². The normalized spacial score (nSPS) is 14.0. The van der Waals surface area contributed by atoms with E-state index in [0.29, 0.717) is 12.7 Å². The molecular weight excluding hydrogens is 72.9 g/mol. The smallest absolute Gasteiger partial charge is 0.153 e. The Morgan fingerprint density at radius 2 is 1.67 bits per heavy atom. The van der Waals surface area contributed by atoms with Crippen molar-refractivity contribution in [2.24, 2.45) is 5.73 Å². The molecule has 0 bridgehead atoms. The van der Waals surface area contributed by atoms with Crippen LogP contribution < -0.4 is 5.73 Å². The summed E-state index contributed by atoms with van der Waals surface area (Å²) >= 11 is 0. The van der Waals surface area contributed by atoms with E-state index in [1.54, 1.807) is 0 Å². The monoisotopic (exact) mass is 85.1 g/mol. The van der Waals surface area contributed by atoms with Crippen LogP contribution in [0.1, 0.15) is 6.92 Å². The van der Waals surface area contributed by atoms with Gasteiger partial charge in [0.1, 0.15) is 0 Å². The molecule has 1 nitrogen and oxygen atoms in total. The van der Waals surface area contributed by atoms with E-state index in [2.05, 4.69) is 13.6 Å². The minimum atomic E-state index is 0.352. The molecule has 0 aliphatic carbocycles. The van der Waals surface area contributed by atoms with Gasteiger partial charge in [-0.1, -0.05) is 20.6 Å². The molecule has 0 aromatic heterocycles. The Hall–Kier alpha value is 0.0249. The van der Waals surface area contributed by atoms with E-state index >= 15 is 0 Å². The molecule has 2 heteroatoms. The summed E-state index contributed by atoms with van der Waals surface area (Å²) in [5.41, 5.74) is 5.44. The minimum Gasteiger partial charge on any atom is -0.335 e. The molecule has 0 aromatic carbocycles. The lowest BCUT2D eigenvalue weighted by Crippen LogP contribution is -2.29. The van der Waals surface area contributed by atoms with Crippen LogP contribution in [0.2, 0.25) is 13.6 Å². The predicted molar refractivity (Wildman–Crippen MR) is 31.1 cm³/mol. The largest absolute Gasteiger partial charge is 0.335 e. The van der Waals surface area contributed by atoms with Gasteiger partial charge in [-0.15, -0.1) is 0 Å². The Balaban J connectivity index is 2.99. The fourth-order valence-corrected chi connectivity index (χ4v) is 0. The molecule has 0 aliphatic heterocycles. The molecule has 0 saturated carbocycles. The molecule has 1 unspecified atom stereocenters. The molecule has 0 amide bonds. The van der Waals surface area contributed by atoms with E-state index in [-0.39, 0.29) is 0 Å². The van der Waals surface area contributed by atoms with Crippen LogP contribution in [0.15, 0.2) is 0 Å². The van der Waals surface area contributed by atoms with Crippen LogP contribution in [-0.4, -0.2) is 12.7 Å². The quantitative estimate of drug-likeness (QED) is 0.464. The molecule has 0 radical (unpaired) electrons. The van der Waals surface area contributed by atoms with E-state index in [0.717, 1.165) is 0 Å². The highest BCUT2D eigenvalue weighted by Gasteiger charge is 2.01. The number of rotatable bonds is 1. The van der Waals surface area contributed by atoms with Crippen LogP contribution in [-0.2, 0) is 0 Å². The highest BCUT2D eigenvalue weighted by molar-refractivity contribution is 6.57. The van der Waals surface area contributed by atoms with Gasteiger partial charge in [-0.2, -0.15) is 0 Å². The lowest BCUT2D eigenvalue weighted by Gasteiger charge is -2.01. The summed E-state index contributed by atoms with van der Waals surface area (Å²) in [5.74, 6) is 0.352. The van der Waals surface area contributed by atoms with Crippen molar-refractivity contribution < 1.29 is 0 Å². The maximum atomic E-state index is 5.44. The Kier molecular flexibility index (Phi) is 2.25. The third-order valence-electron chi connectivity index (χ3n) is 1.05. The first-order valence-corrected chi connectivity index (χ1v) is 2.40. The lowest BCUT2D eigenvalue weighted by atomic mass is 9.49. The van der Waals surface area contributed by atoms with Gasteiger partial charge in [-0.05, 0) is 5.94 Å². The maximum absolute atomic E-state index is 5.44. The van der Waals surface area contributed by atoms with Gasteiger partial charge in [0, 0.05) is 0 Å². The molecule has 0 rings (SSSR count). The molecule has 0 spiro atoms. The van der Waals surface area contributed by atoms with E-state index in [1.807, 2.05) is 6.92 Å². The van der Waals surface area contributed by atoms with Crippen molar-refractivity contribution >= 4 is 6.71 Å². The van der Waals surface area contributed by atoms with Crippen LogP contribution in [0.4, 0.5) is 0 Å². The van der Waals surface area contributed by atoms with Crippen molar-refractivity contribution in [3.8, 4) is 0 Å². The number of hydrogen-bond acceptors (Lipinski definition) is 1. The predicted octanol–water partition coefficient (Wildman–Crippen LogP) is 0.627. The van der Waals surface area contributed by atoms with Crippen LogP contribution in [0.3, 0.4) is 0 Å². The molecule has 0 fully saturated rings. The summed E-state index contributed by atoms with van der Waals surface area (Å²) in [7, 11) is 0. The molecule has 0 aromatic rings. The van der Waals surface area contributed by atoms with E-state index < -0.39 is 0 Å². The molecule has 0 heterocycles. The summed E-state index contributed by atoms with van der Waals surface area (Å²) in [6, 6.07) is 0. The zero-order valence-electron chi connectivity index (χ0n) is 4.73. The first-order chi connectivity index (χ1) is 2.64. The standard InChI is InChI=1S/C4H12BN/c1-4(6)5(2)3/h4H,6H2,1-3H3. The molecule has 2 N–H and O–H groups in total. The summed E-state index contributed by atoms with van der Waals surface area (Å²) in [5, 5.41) is 0. The summed E-state index contributed by atoms with van der Waals surface area (Å²) in [6.07, 6.45) is 0. The van der Waals surface area contributed by atoms with Crippen molar-refractivity contribution in [2.75, 3.05) is 0 Å². The van der Waals surface area contributed by atoms with Crippen LogP contribution in [0.25, 0.3) is 0 Å². The zero-order chi connectivity index (χ0) is 5.15. The third-order valence-corrected chi connectivity index (χ3v) is 1.05. The Morgan fingerprint density at radius 3 is 1.67 bits per heavy atom. The number of nitrogens with two attached hydrogens (primary N) is 1. The van der Waals surface area contributed by atoms with Gasteiger partial charge in [0.2, 0.25) is 0 Å². The Bertz CT molecular complexity index is 28.5. The van der Waals surface area contributed by atoms with Gasteiger partial charge in [0.15, 0.2) is 6.71 Å². The van der Waals surface area contributed by atoms with E-state index in [1.165, 1.54) is 0 Å². The van der Waals surface area contributed by atoms with Crippen LogP contribution in [0, 0.1) is 0 Å². The van der Waals surface area contributed by atoms with Crippen molar-refractivity contribution in [2.45, 2.75) is 26.5 Å². The number of hydrogen-bond donors (Lipinski definition) is 1. The second-order valence-corrected chi connectivity index (χ2v) is 2.10. The average Bonchev–Trinajstić information content (AvgIpc) is 1.36. The first kappa shape index (κ1) is 6.02. The van der Waals surface area contributed by atoms with Gasteiger partial charge in [0.25, 0.3) is 0 Å². The van der Waals surface area contributed by atoms with Crippen molar-refractivity contribution in [1.82, 2.24) is 0 Å². The Morgan fingerprint density at radius 1 is 1.50 bits per heavy atom. The highest BCUT2D eigenvalue weighted by Crippen LogP contribution is 1.81. The molecular formula is C4H12BN. The van der Waals surface area contributed by atoms with Gasteiger partial charge in [0.05, 0.1) is 0 Å². The average molecular weight is 85.0 g/mol. The highest BCUT2D eigenvalue weighted by atomic mass is 14.6. The molecule has 6 heavy (non-hydrogen) atoms. The summed E-state index contributed by atoms with van der Waals surface area (Å²) in [6.45, 7) is 6.88. The minimum absolute atomic E-state index is 0.352. The van der Waals surface area contributed by atoms with Crippen molar-refractivity contribution in [3.05, 3.63) is 0 Å². The van der Waals surface area contributed by atoms with Crippen molar-refractivity contribution in [1.29, 1.82) is 0 Å². The van der Waals surface area contributed by atoms with Gasteiger partial charge < -0.3 is 5.73 Å². The summed E-state index contributed by atoms with van der Waals surface area (Å²) < 4.78 is 0. The van der Waals surface area contributed by atoms with Crippen LogP contribution in [0.5, 0.6) is 0 Å². The SMILES string of the molecule is CB(C)C(C)N. The fraction of sp³-hybridized carbons (Fsp3) is 1.00. The molecule has 0 aliphatic rings. The van der Waals surface area contributed by atoms with E-state index in [4.69, 9.17) is 5.73 Å². The van der Waals surface area contributed by atoms with Crippen LogP contribution >= 0.6 is 0 Å². The van der Waals surface area contributed by atoms with Gasteiger partial charge >= 0.3 is 0 Å². The van der Waals surface area contributed by atoms with E-state index in [9.17, 15) is 0 Å². The van der Waals surface area contributed by atoms with Crippen molar-refractivity contribution in [3.63, 3.8) is 0 Å². The maximum Gasteiger partial charge on any atom is 0.153 e. The molecule has 1 atom stereocenters. The Labute approximate surface area is 40.0 Å². The summed E-state index contributed by atoms with van der Waals surface area (Å²) in [4.78, 5) is 0. The zero-order valence-corrected chi connectivity index (χ0v) is 4.73. The topological polar surface area (TPSA) is 26.0 Å². The van der Waals surface area contributed by atoms with Gasteiger partial charge in [-0.25, -0.2) is 0 Å².